The van der Waals surface area contributed by atoms with Gasteiger partial charge in [-0.15, -0.1) is 6.42 Å². The Morgan fingerprint density at radius 1 is 1.53 bits per heavy atom. The molecule has 1 heterocycles. The fourth-order valence-electron chi connectivity index (χ4n) is 1.25. The molecule has 1 unspecified atom stereocenters. The standard InChI is InChI=1S/C12H12N2O/c1-5-9(3)15-12-6-8(2)14-10(4)11(12)7-13/h1,6,9H,2-4H3. The molecule has 0 fully saturated rings. The third-order valence-electron chi connectivity index (χ3n) is 1.94. The number of terminal acetylenes is 1. The van der Waals surface area contributed by atoms with Gasteiger partial charge < -0.3 is 4.74 Å². The van der Waals surface area contributed by atoms with Crippen molar-refractivity contribution in [3.63, 3.8) is 0 Å². The van der Waals surface area contributed by atoms with Crippen molar-refractivity contribution in [3.05, 3.63) is 23.0 Å². The maximum atomic E-state index is 8.95. The number of ether oxygens (including phenoxy) is 1. The predicted octanol–water partition coefficient (Wildman–Crippen LogP) is 1.97. The second-order valence-electron chi connectivity index (χ2n) is 3.26. The van der Waals surface area contributed by atoms with Crippen LogP contribution in [0, 0.1) is 37.5 Å². The molecule has 0 spiro atoms. The molecule has 0 aliphatic rings. The highest BCUT2D eigenvalue weighted by molar-refractivity contribution is 5.46. The zero-order chi connectivity index (χ0) is 11.4. The van der Waals surface area contributed by atoms with Crippen LogP contribution in [-0.2, 0) is 0 Å². The van der Waals surface area contributed by atoms with Crippen molar-refractivity contribution in [2.75, 3.05) is 0 Å². The van der Waals surface area contributed by atoms with Crippen LogP contribution in [0.15, 0.2) is 6.07 Å². The number of hydrogen-bond acceptors (Lipinski definition) is 3. The molecule has 0 amide bonds. The molecule has 0 radical (unpaired) electrons. The van der Waals surface area contributed by atoms with Gasteiger partial charge in [0.05, 0.1) is 5.69 Å². The molecule has 0 bridgehead atoms. The van der Waals surface area contributed by atoms with Gasteiger partial charge in [-0.3, -0.25) is 4.98 Å². The summed E-state index contributed by atoms with van der Waals surface area (Å²) in [7, 11) is 0. The highest BCUT2D eigenvalue weighted by atomic mass is 16.5. The van der Waals surface area contributed by atoms with Gasteiger partial charge >= 0.3 is 0 Å². The number of pyridine rings is 1. The molecule has 0 saturated carbocycles. The first-order valence-corrected chi connectivity index (χ1v) is 4.59. The molecule has 0 saturated heterocycles. The van der Waals surface area contributed by atoms with Gasteiger partial charge in [0.25, 0.3) is 0 Å². The monoisotopic (exact) mass is 200 g/mol. The van der Waals surface area contributed by atoms with Crippen LogP contribution in [0.2, 0.25) is 0 Å². The quantitative estimate of drug-likeness (QED) is 0.685. The molecule has 1 aromatic rings. The molecule has 0 aromatic carbocycles. The maximum absolute atomic E-state index is 8.95. The molecule has 3 nitrogen and oxygen atoms in total. The van der Waals surface area contributed by atoms with Crippen molar-refractivity contribution in [2.24, 2.45) is 0 Å². The van der Waals surface area contributed by atoms with E-state index in [-0.39, 0.29) is 6.10 Å². The fourth-order valence-corrected chi connectivity index (χ4v) is 1.25. The van der Waals surface area contributed by atoms with E-state index in [4.69, 9.17) is 16.4 Å². The first-order chi connectivity index (χ1) is 7.08. The SMILES string of the molecule is C#CC(C)Oc1cc(C)nc(C)c1C#N. The summed E-state index contributed by atoms with van der Waals surface area (Å²) < 4.78 is 5.45. The van der Waals surface area contributed by atoms with E-state index in [0.717, 1.165) is 5.69 Å². The Hall–Kier alpha value is -2.00. The van der Waals surface area contributed by atoms with Crippen LogP contribution >= 0.6 is 0 Å². The lowest BCUT2D eigenvalue weighted by molar-refractivity contribution is 0.277. The van der Waals surface area contributed by atoms with Gasteiger partial charge in [-0.25, -0.2) is 0 Å². The van der Waals surface area contributed by atoms with Crippen molar-refractivity contribution in [2.45, 2.75) is 26.9 Å². The number of aromatic nitrogens is 1. The zero-order valence-electron chi connectivity index (χ0n) is 9.03. The highest BCUT2D eigenvalue weighted by Crippen LogP contribution is 2.22. The first-order valence-electron chi connectivity index (χ1n) is 4.59. The molecule has 0 aliphatic carbocycles. The van der Waals surface area contributed by atoms with Gasteiger partial charge in [-0.05, 0) is 20.8 Å². The van der Waals surface area contributed by atoms with Gasteiger partial charge in [0.1, 0.15) is 17.4 Å². The van der Waals surface area contributed by atoms with E-state index in [1.165, 1.54) is 0 Å². The van der Waals surface area contributed by atoms with Crippen molar-refractivity contribution < 1.29 is 4.74 Å². The Labute approximate surface area is 89.7 Å². The third-order valence-corrected chi connectivity index (χ3v) is 1.94. The summed E-state index contributed by atoms with van der Waals surface area (Å²) in [5, 5.41) is 8.95. The Bertz CT molecular complexity index is 452. The van der Waals surface area contributed by atoms with E-state index in [2.05, 4.69) is 17.0 Å². The van der Waals surface area contributed by atoms with E-state index in [1.807, 2.05) is 6.92 Å². The van der Waals surface area contributed by atoms with E-state index in [9.17, 15) is 0 Å². The molecule has 0 aliphatic heterocycles. The first kappa shape index (κ1) is 11.1. The molecule has 1 aromatic heterocycles. The van der Waals surface area contributed by atoms with Crippen molar-refractivity contribution in [3.8, 4) is 24.2 Å². The predicted molar refractivity (Wildman–Crippen MR) is 57.3 cm³/mol. The number of hydrogen-bond donors (Lipinski definition) is 0. The van der Waals surface area contributed by atoms with Gasteiger partial charge in [0.15, 0.2) is 6.10 Å². The molecule has 1 rings (SSSR count). The second kappa shape index (κ2) is 4.48. The largest absolute Gasteiger partial charge is 0.477 e. The lowest BCUT2D eigenvalue weighted by atomic mass is 10.2. The summed E-state index contributed by atoms with van der Waals surface area (Å²) in [6, 6.07) is 3.79. The van der Waals surface area contributed by atoms with Crippen LogP contribution in [0.1, 0.15) is 23.9 Å². The summed E-state index contributed by atoms with van der Waals surface area (Å²) >= 11 is 0. The molecule has 1 atom stereocenters. The average Bonchev–Trinajstić information content (AvgIpc) is 2.17. The lowest BCUT2D eigenvalue weighted by Gasteiger charge is -2.12. The molecular weight excluding hydrogens is 188 g/mol. The van der Waals surface area contributed by atoms with Crippen LogP contribution in [0.3, 0.4) is 0 Å². The molecular formula is C12H12N2O. The maximum Gasteiger partial charge on any atom is 0.156 e. The van der Waals surface area contributed by atoms with Crippen LogP contribution in [0.5, 0.6) is 5.75 Å². The van der Waals surface area contributed by atoms with E-state index in [1.54, 1.807) is 19.9 Å². The Balaban J connectivity index is 3.18. The van der Waals surface area contributed by atoms with E-state index in [0.29, 0.717) is 17.0 Å². The normalized spacial score (nSPS) is 11.3. The number of aryl methyl sites for hydroxylation is 2. The van der Waals surface area contributed by atoms with Gasteiger partial charge in [-0.2, -0.15) is 5.26 Å². The van der Waals surface area contributed by atoms with Gasteiger partial charge in [0, 0.05) is 11.8 Å². The smallest absolute Gasteiger partial charge is 0.156 e. The summed E-state index contributed by atoms with van der Waals surface area (Å²) in [4.78, 5) is 4.18. The third kappa shape index (κ3) is 2.48. The minimum absolute atomic E-state index is 0.349. The van der Waals surface area contributed by atoms with Gasteiger partial charge in [-0.1, -0.05) is 5.92 Å². The van der Waals surface area contributed by atoms with Crippen LogP contribution < -0.4 is 4.74 Å². The molecule has 76 valence electrons. The van der Waals surface area contributed by atoms with Crippen molar-refractivity contribution >= 4 is 0 Å². The summed E-state index contributed by atoms with van der Waals surface area (Å²) in [5.41, 5.74) is 1.92. The lowest BCUT2D eigenvalue weighted by Crippen LogP contribution is -2.10. The van der Waals surface area contributed by atoms with E-state index >= 15 is 0 Å². The zero-order valence-corrected chi connectivity index (χ0v) is 9.03. The minimum Gasteiger partial charge on any atom is -0.477 e. The molecule has 15 heavy (non-hydrogen) atoms. The Kier molecular flexibility index (Phi) is 3.31. The van der Waals surface area contributed by atoms with Crippen molar-refractivity contribution in [1.82, 2.24) is 4.98 Å². The number of nitriles is 1. The van der Waals surface area contributed by atoms with Gasteiger partial charge in [0.2, 0.25) is 0 Å². The van der Waals surface area contributed by atoms with Crippen LogP contribution in [0.25, 0.3) is 0 Å². The Morgan fingerprint density at radius 2 is 2.20 bits per heavy atom. The molecule has 0 N–H and O–H groups in total. The fraction of sp³-hybridized carbons (Fsp3) is 0.333. The van der Waals surface area contributed by atoms with Crippen LogP contribution in [0.4, 0.5) is 0 Å². The minimum atomic E-state index is -0.349. The average molecular weight is 200 g/mol. The number of nitrogens with zero attached hydrogens (tertiary/aromatic N) is 2. The van der Waals surface area contributed by atoms with E-state index < -0.39 is 0 Å². The number of rotatable bonds is 2. The summed E-state index contributed by atoms with van der Waals surface area (Å²) in [6.45, 7) is 5.38. The van der Waals surface area contributed by atoms with Crippen molar-refractivity contribution in [1.29, 1.82) is 5.26 Å². The van der Waals surface area contributed by atoms with Crippen LogP contribution in [-0.4, -0.2) is 11.1 Å². The summed E-state index contributed by atoms with van der Waals surface area (Å²) in [5.74, 6) is 2.96. The molecule has 3 heteroatoms. The highest BCUT2D eigenvalue weighted by Gasteiger charge is 2.10. The summed E-state index contributed by atoms with van der Waals surface area (Å²) in [6.07, 6.45) is 4.87. The Morgan fingerprint density at radius 3 is 2.73 bits per heavy atom. The second-order valence-corrected chi connectivity index (χ2v) is 3.26. The topological polar surface area (TPSA) is 45.9 Å².